The van der Waals surface area contributed by atoms with Gasteiger partial charge in [-0.3, -0.25) is 4.79 Å². The Labute approximate surface area is 165 Å². The summed E-state index contributed by atoms with van der Waals surface area (Å²) in [6.07, 6.45) is 1.49. The van der Waals surface area contributed by atoms with Gasteiger partial charge in [-0.15, -0.1) is 0 Å². The average molecular weight is 380 g/mol. The molecule has 0 saturated carbocycles. The average Bonchev–Trinajstić information content (AvgIpc) is 2.68. The molecular weight excluding hydrogens is 356 g/mol. The summed E-state index contributed by atoms with van der Waals surface area (Å²) in [5.74, 6) is 0.906. The van der Waals surface area contributed by atoms with Crippen LogP contribution in [0.5, 0.6) is 17.2 Å². The Hall–Kier alpha value is -3.46. The maximum absolute atomic E-state index is 12.6. The summed E-state index contributed by atoms with van der Waals surface area (Å²) in [4.78, 5) is 12.6. The molecule has 0 aliphatic heterocycles. The highest BCUT2D eigenvalue weighted by molar-refractivity contribution is 6.10. The van der Waals surface area contributed by atoms with E-state index in [1.165, 1.54) is 20.3 Å². The van der Waals surface area contributed by atoms with Gasteiger partial charge in [-0.05, 0) is 56.2 Å². The van der Waals surface area contributed by atoms with Crippen molar-refractivity contribution in [1.29, 1.82) is 5.26 Å². The first kappa shape index (κ1) is 20.8. The van der Waals surface area contributed by atoms with Gasteiger partial charge in [-0.1, -0.05) is 17.7 Å². The Morgan fingerprint density at radius 1 is 1.14 bits per heavy atom. The van der Waals surface area contributed by atoms with Crippen LogP contribution in [0.3, 0.4) is 0 Å². The number of anilines is 1. The molecule has 0 fully saturated rings. The number of aryl methyl sites for hydroxylation is 2. The number of carbonyl (C=O) groups is 1. The Balaban J connectivity index is 2.37. The van der Waals surface area contributed by atoms with Crippen LogP contribution in [0.1, 0.15) is 23.6 Å². The van der Waals surface area contributed by atoms with Gasteiger partial charge in [0.1, 0.15) is 11.6 Å². The minimum absolute atomic E-state index is 0.0340. The van der Waals surface area contributed by atoms with Crippen molar-refractivity contribution in [2.75, 3.05) is 26.1 Å². The molecule has 1 amide bonds. The zero-order valence-corrected chi connectivity index (χ0v) is 16.8. The third-order valence-electron chi connectivity index (χ3n) is 4.08. The molecule has 0 aliphatic carbocycles. The number of ether oxygens (including phenoxy) is 3. The molecule has 0 unspecified atom stereocenters. The molecule has 6 nitrogen and oxygen atoms in total. The van der Waals surface area contributed by atoms with Crippen molar-refractivity contribution in [2.45, 2.75) is 20.8 Å². The van der Waals surface area contributed by atoms with E-state index >= 15 is 0 Å². The third kappa shape index (κ3) is 4.83. The summed E-state index contributed by atoms with van der Waals surface area (Å²) >= 11 is 0. The standard InChI is InChI=1S/C22H24N2O4/c1-6-28-21-19(26-4)11-16(12-20(21)27-5)10-17(13-23)22(25)24-18-8-7-14(2)9-15(18)3/h7-12H,6H2,1-5H3,(H,24,25)/b17-10-. The Bertz CT molecular complexity index is 917. The molecule has 0 aromatic heterocycles. The van der Waals surface area contributed by atoms with Crippen LogP contribution < -0.4 is 19.5 Å². The summed E-state index contributed by atoms with van der Waals surface area (Å²) in [5.41, 5.74) is 3.24. The summed E-state index contributed by atoms with van der Waals surface area (Å²) in [6, 6.07) is 11.0. The van der Waals surface area contributed by atoms with Crippen LogP contribution >= 0.6 is 0 Å². The molecule has 2 aromatic carbocycles. The van der Waals surface area contributed by atoms with E-state index in [-0.39, 0.29) is 5.57 Å². The lowest BCUT2D eigenvalue weighted by Crippen LogP contribution is -2.14. The van der Waals surface area contributed by atoms with E-state index in [4.69, 9.17) is 14.2 Å². The van der Waals surface area contributed by atoms with Crippen LogP contribution in [0.15, 0.2) is 35.9 Å². The second-order valence-corrected chi connectivity index (χ2v) is 6.13. The molecule has 0 saturated heterocycles. The van der Waals surface area contributed by atoms with Crippen molar-refractivity contribution in [2.24, 2.45) is 0 Å². The highest BCUT2D eigenvalue weighted by Crippen LogP contribution is 2.39. The molecule has 2 aromatic rings. The Kier molecular flexibility index (Phi) is 7.05. The van der Waals surface area contributed by atoms with Gasteiger partial charge < -0.3 is 19.5 Å². The van der Waals surface area contributed by atoms with Crippen molar-refractivity contribution in [3.05, 3.63) is 52.6 Å². The van der Waals surface area contributed by atoms with Crippen LogP contribution in [0.4, 0.5) is 5.69 Å². The predicted molar refractivity (Wildman–Crippen MR) is 109 cm³/mol. The van der Waals surface area contributed by atoms with E-state index in [2.05, 4.69) is 5.32 Å². The molecule has 0 radical (unpaired) electrons. The van der Waals surface area contributed by atoms with E-state index in [0.717, 1.165) is 11.1 Å². The molecule has 0 atom stereocenters. The lowest BCUT2D eigenvalue weighted by molar-refractivity contribution is -0.112. The Morgan fingerprint density at radius 2 is 1.79 bits per heavy atom. The van der Waals surface area contributed by atoms with Crippen molar-refractivity contribution in [1.82, 2.24) is 0 Å². The largest absolute Gasteiger partial charge is 0.493 e. The van der Waals surface area contributed by atoms with Gasteiger partial charge in [0.15, 0.2) is 11.5 Å². The number of rotatable bonds is 7. The quantitative estimate of drug-likeness (QED) is 0.573. The summed E-state index contributed by atoms with van der Waals surface area (Å²) in [6.45, 7) is 6.19. The topological polar surface area (TPSA) is 80.6 Å². The highest BCUT2D eigenvalue weighted by Gasteiger charge is 2.16. The Morgan fingerprint density at radius 3 is 2.29 bits per heavy atom. The van der Waals surface area contributed by atoms with E-state index < -0.39 is 5.91 Å². The predicted octanol–water partition coefficient (Wildman–Crippen LogP) is 4.27. The first-order valence-electron chi connectivity index (χ1n) is 8.82. The molecule has 28 heavy (non-hydrogen) atoms. The lowest BCUT2D eigenvalue weighted by Gasteiger charge is -2.14. The molecule has 6 heteroatoms. The number of nitrogens with zero attached hydrogens (tertiary/aromatic N) is 1. The smallest absolute Gasteiger partial charge is 0.266 e. The maximum atomic E-state index is 12.6. The zero-order chi connectivity index (χ0) is 20.7. The first-order valence-corrected chi connectivity index (χ1v) is 8.82. The van der Waals surface area contributed by atoms with E-state index in [1.54, 1.807) is 12.1 Å². The molecule has 146 valence electrons. The van der Waals surface area contributed by atoms with Gasteiger partial charge in [0.2, 0.25) is 5.75 Å². The molecule has 0 aliphatic rings. The maximum Gasteiger partial charge on any atom is 0.266 e. The minimum Gasteiger partial charge on any atom is -0.493 e. The number of hydrogen-bond donors (Lipinski definition) is 1. The molecular formula is C22H24N2O4. The fourth-order valence-corrected chi connectivity index (χ4v) is 2.73. The highest BCUT2D eigenvalue weighted by atomic mass is 16.5. The van der Waals surface area contributed by atoms with Gasteiger partial charge in [0.05, 0.1) is 20.8 Å². The van der Waals surface area contributed by atoms with Gasteiger partial charge >= 0.3 is 0 Å². The second kappa shape index (κ2) is 9.47. The summed E-state index contributed by atoms with van der Waals surface area (Å²) in [5, 5.41) is 12.3. The van der Waals surface area contributed by atoms with Gasteiger partial charge in [0.25, 0.3) is 5.91 Å². The normalized spacial score (nSPS) is 10.8. The fourth-order valence-electron chi connectivity index (χ4n) is 2.73. The fraction of sp³-hybridized carbons (Fsp3) is 0.273. The van der Waals surface area contributed by atoms with E-state index in [0.29, 0.717) is 35.1 Å². The van der Waals surface area contributed by atoms with Crippen molar-refractivity contribution < 1.29 is 19.0 Å². The molecule has 0 spiro atoms. The molecule has 2 rings (SSSR count). The van der Waals surface area contributed by atoms with Crippen molar-refractivity contribution >= 4 is 17.7 Å². The monoisotopic (exact) mass is 380 g/mol. The first-order chi connectivity index (χ1) is 13.4. The van der Waals surface area contributed by atoms with Gasteiger partial charge in [-0.25, -0.2) is 0 Å². The summed E-state index contributed by atoms with van der Waals surface area (Å²) in [7, 11) is 3.03. The van der Waals surface area contributed by atoms with Crippen molar-refractivity contribution in [3.63, 3.8) is 0 Å². The van der Waals surface area contributed by atoms with Crippen LogP contribution in [0.25, 0.3) is 6.08 Å². The van der Waals surface area contributed by atoms with Crippen LogP contribution in [0, 0.1) is 25.2 Å². The third-order valence-corrected chi connectivity index (χ3v) is 4.08. The minimum atomic E-state index is -0.485. The second-order valence-electron chi connectivity index (χ2n) is 6.13. The number of hydrogen-bond acceptors (Lipinski definition) is 5. The number of benzene rings is 2. The molecule has 0 bridgehead atoms. The van der Waals surface area contributed by atoms with Gasteiger partial charge in [-0.2, -0.15) is 5.26 Å². The number of nitriles is 1. The molecule has 0 heterocycles. The molecule has 1 N–H and O–H groups in total. The van der Waals surface area contributed by atoms with Gasteiger partial charge in [0, 0.05) is 5.69 Å². The van der Waals surface area contributed by atoms with E-state index in [1.807, 2.05) is 45.0 Å². The number of methoxy groups -OCH3 is 2. The van der Waals surface area contributed by atoms with E-state index in [9.17, 15) is 10.1 Å². The summed E-state index contributed by atoms with van der Waals surface area (Å²) < 4.78 is 16.3. The number of carbonyl (C=O) groups excluding carboxylic acids is 1. The SMILES string of the molecule is CCOc1c(OC)cc(/C=C(/C#N)C(=O)Nc2ccc(C)cc2C)cc1OC. The van der Waals surface area contributed by atoms with Crippen LogP contribution in [0.2, 0.25) is 0 Å². The lowest BCUT2D eigenvalue weighted by atomic mass is 10.1. The zero-order valence-electron chi connectivity index (χ0n) is 16.8. The number of nitrogens with one attached hydrogen (secondary N) is 1. The number of amides is 1. The van der Waals surface area contributed by atoms with Crippen LogP contribution in [-0.4, -0.2) is 26.7 Å². The van der Waals surface area contributed by atoms with Crippen LogP contribution in [-0.2, 0) is 4.79 Å². The van der Waals surface area contributed by atoms with Crippen molar-refractivity contribution in [3.8, 4) is 23.3 Å².